The lowest BCUT2D eigenvalue weighted by Gasteiger charge is -2.27. The van der Waals surface area contributed by atoms with Gasteiger partial charge in [-0.2, -0.15) is 0 Å². The number of hydrogen-bond acceptors (Lipinski definition) is 3. The molecule has 0 aliphatic heterocycles. The molecule has 0 saturated heterocycles. The lowest BCUT2D eigenvalue weighted by atomic mass is 10.1. The molecule has 5 nitrogen and oxygen atoms in total. The molecule has 1 aromatic rings. The third-order valence-electron chi connectivity index (χ3n) is 4.35. The molecular formula is C20H31N3O2. The number of nitrogens with one attached hydrogen (secondary N) is 1. The number of carbonyl (C=O) groups excluding carboxylic acids is 2. The molecule has 1 saturated carbocycles. The first-order valence-corrected chi connectivity index (χ1v) is 9.20. The van der Waals surface area contributed by atoms with E-state index in [-0.39, 0.29) is 17.7 Å². The van der Waals surface area contributed by atoms with E-state index < -0.39 is 0 Å². The van der Waals surface area contributed by atoms with Gasteiger partial charge in [0.05, 0.1) is 0 Å². The number of rotatable bonds is 8. The first-order chi connectivity index (χ1) is 11.8. The zero-order valence-electron chi connectivity index (χ0n) is 16.1. The predicted molar refractivity (Wildman–Crippen MR) is 103 cm³/mol. The second-order valence-electron chi connectivity index (χ2n) is 7.53. The van der Waals surface area contributed by atoms with Crippen molar-refractivity contribution in [1.29, 1.82) is 0 Å². The van der Waals surface area contributed by atoms with E-state index in [9.17, 15) is 9.59 Å². The number of anilines is 2. The summed E-state index contributed by atoms with van der Waals surface area (Å²) < 4.78 is 0. The fraction of sp³-hybridized carbons (Fsp3) is 0.600. The van der Waals surface area contributed by atoms with Crippen LogP contribution in [0.4, 0.5) is 11.4 Å². The van der Waals surface area contributed by atoms with Crippen molar-refractivity contribution >= 4 is 23.2 Å². The molecule has 138 valence electrons. The normalized spacial score (nSPS) is 13.7. The van der Waals surface area contributed by atoms with E-state index in [1.54, 1.807) is 0 Å². The predicted octanol–water partition coefficient (Wildman–Crippen LogP) is 3.50. The maximum atomic E-state index is 12.7. The smallest absolute Gasteiger partial charge is 0.225 e. The Morgan fingerprint density at radius 1 is 1.24 bits per heavy atom. The molecule has 0 atom stereocenters. The van der Waals surface area contributed by atoms with Crippen LogP contribution in [-0.2, 0) is 16.1 Å². The van der Waals surface area contributed by atoms with Crippen LogP contribution < -0.4 is 10.2 Å². The van der Waals surface area contributed by atoms with Crippen LogP contribution in [0.2, 0.25) is 0 Å². The van der Waals surface area contributed by atoms with Crippen molar-refractivity contribution in [3.63, 3.8) is 0 Å². The number of nitrogens with zero attached hydrogens (tertiary/aromatic N) is 2. The van der Waals surface area contributed by atoms with Crippen molar-refractivity contribution in [1.82, 2.24) is 4.90 Å². The number of benzene rings is 1. The number of amides is 2. The van der Waals surface area contributed by atoms with Crippen LogP contribution in [0.15, 0.2) is 18.2 Å². The first-order valence-electron chi connectivity index (χ1n) is 9.20. The topological polar surface area (TPSA) is 52.7 Å². The minimum absolute atomic E-state index is 0.00311. The highest BCUT2D eigenvalue weighted by atomic mass is 16.2. The van der Waals surface area contributed by atoms with E-state index >= 15 is 0 Å². The van der Waals surface area contributed by atoms with Gasteiger partial charge in [0.25, 0.3) is 0 Å². The zero-order chi connectivity index (χ0) is 18.6. The molecule has 1 aliphatic rings. The minimum Gasteiger partial charge on any atom is -0.377 e. The molecule has 2 amide bonds. The van der Waals surface area contributed by atoms with Crippen LogP contribution in [0.3, 0.4) is 0 Å². The standard InChI is InChI=1S/C20H31N3O2/c1-6-19(24)21-17-9-10-18(22(4)5)16(11-17)13-23(12-14(2)3)20(25)15-7-8-15/h9-11,14-15H,6-8,12-13H2,1-5H3,(H,21,24). The van der Waals surface area contributed by atoms with Gasteiger partial charge in [0.1, 0.15) is 0 Å². The van der Waals surface area contributed by atoms with Crippen molar-refractivity contribution in [2.75, 3.05) is 30.9 Å². The van der Waals surface area contributed by atoms with Crippen molar-refractivity contribution < 1.29 is 9.59 Å². The van der Waals surface area contributed by atoms with E-state index in [4.69, 9.17) is 0 Å². The van der Waals surface area contributed by atoms with Crippen LogP contribution in [0.5, 0.6) is 0 Å². The molecule has 0 aromatic heterocycles. The van der Waals surface area contributed by atoms with Crippen molar-refractivity contribution in [3.05, 3.63) is 23.8 Å². The van der Waals surface area contributed by atoms with Gasteiger partial charge in [0, 0.05) is 50.9 Å². The maximum absolute atomic E-state index is 12.7. The van der Waals surface area contributed by atoms with E-state index in [0.717, 1.165) is 36.3 Å². The molecule has 5 heteroatoms. The Hall–Kier alpha value is -2.04. The summed E-state index contributed by atoms with van der Waals surface area (Å²) in [7, 11) is 4.00. The highest BCUT2D eigenvalue weighted by Crippen LogP contribution is 2.33. The molecule has 2 rings (SSSR count). The van der Waals surface area contributed by atoms with Gasteiger partial charge in [0.15, 0.2) is 0 Å². The van der Waals surface area contributed by atoms with Gasteiger partial charge in [-0.25, -0.2) is 0 Å². The largest absolute Gasteiger partial charge is 0.377 e. The Morgan fingerprint density at radius 3 is 2.44 bits per heavy atom. The van der Waals surface area contributed by atoms with Gasteiger partial charge >= 0.3 is 0 Å². The molecule has 0 unspecified atom stereocenters. The molecule has 25 heavy (non-hydrogen) atoms. The lowest BCUT2D eigenvalue weighted by Crippen LogP contribution is -2.35. The SMILES string of the molecule is CCC(=O)Nc1ccc(N(C)C)c(CN(CC(C)C)C(=O)C2CC2)c1. The molecular weight excluding hydrogens is 314 g/mol. The van der Waals surface area contributed by atoms with Gasteiger partial charge in [-0.3, -0.25) is 9.59 Å². The van der Waals surface area contributed by atoms with Gasteiger partial charge in [-0.05, 0) is 42.5 Å². The van der Waals surface area contributed by atoms with Crippen LogP contribution in [0.1, 0.15) is 45.6 Å². The van der Waals surface area contributed by atoms with E-state index in [1.165, 1.54) is 0 Å². The van der Waals surface area contributed by atoms with Gasteiger partial charge in [-0.1, -0.05) is 20.8 Å². The van der Waals surface area contributed by atoms with E-state index in [0.29, 0.717) is 18.9 Å². The number of carbonyl (C=O) groups is 2. The van der Waals surface area contributed by atoms with Gasteiger partial charge in [0.2, 0.25) is 11.8 Å². The fourth-order valence-corrected chi connectivity index (χ4v) is 2.94. The fourth-order valence-electron chi connectivity index (χ4n) is 2.94. The number of hydrogen-bond donors (Lipinski definition) is 1. The first kappa shape index (κ1) is 19.3. The average molecular weight is 345 g/mol. The summed E-state index contributed by atoms with van der Waals surface area (Å²) in [5.74, 6) is 0.899. The third-order valence-corrected chi connectivity index (χ3v) is 4.35. The molecule has 0 bridgehead atoms. The lowest BCUT2D eigenvalue weighted by molar-refractivity contribution is -0.133. The summed E-state index contributed by atoms with van der Waals surface area (Å²) >= 11 is 0. The van der Waals surface area contributed by atoms with Crippen LogP contribution in [0.25, 0.3) is 0 Å². The Morgan fingerprint density at radius 2 is 1.92 bits per heavy atom. The summed E-state index contributed by atoms with van der Waals surface area (Å²) in [5.41, 5.74) is 2.93. The second-order valence-corrected chi connectivity index (χ2v) is 7.53. The molecule has 0 heterocycles. The van der Waals surface area contributed by atoms with Crippen molar-refractivity contribution in [2.45, 2.75) is 46.6 Å². The van der Waals surface area contributed by atoms with E-state index in [2.05, 4.69) is 24.1 Å². The summed E-state index contributed by atoms with van der Waals surface area (Å²) in [6.07, 6.45) is 2.48. The Bertz CT molecular complexity index is 621. The molecule has 0 spiro atoms. The van der Waals surface area contributed by atoms with Gasteiger partial charge in [-0.15, -0.1) is 0 Å². The van der Waals surface area contributed by atoms with Crippen molar-refractivity contribution in [2.24, 2.45) is 11.8 Å². The zero-order valence-corrected chi connectivity index (χ0v) is 16.1. The summed E-state index contributed by atoms with van der Waals surface area (Å²) in [4.78, 5) is 28.4. The Kier molecular flexibility index (Phi) is 6.45. The summed E-state index contributed by atoms with van der Waals surface area (Å²) in [5, 5.41) is 2.92. The van der Waals surface area contributed by atoms with Gasteiger partial charge < -0.3 is 15.1 Å². The van der Waals surface area contributed by atoms with Crippen LogP contribution in [0, 0.1) is 11.8 Å². The molecule has 1 fully saturated rings. The van der Waals surface area contributed by atoms with Crippen LogP contribution in [-0.4, -0.2) is 37.4 Å². The Labute approximate surface area is 151 Å². The Balaban J connectivity index is 2.27. The monoisotopic (exact) mass is 345 g/mol. The third kappa shape index (κ3) is 5.48. The van der Waals surface area contributed by atoms with Crippen LogP contribution >= 0.6 is 0 Å². The highest BCUT2D eigenvalue weighted by molar-refractivity contribution is 5.91. The average Bonchev–Trinajstić information content (AvgIpc) is 3.37. The summed E-state index contributed by atoms with van der Waals surface area (Å²) in [6, 6.07) is 5.92. The molecule has 0 radical (unpaired) electrons. The highest BCUT2D eigenvalue weighted by Gasteiger charge is 2.33. The maximum Gasteiger partial charge on any atom is 0.225 e. The summed E-state index contributed by atoms with van der Waals surface area (Å²) in [6.45, 7) is 7.45. The molecule has 1 aromatic carbocycles. The second kappa shape index (κ2) is 8.37. The minimum atomic E-state index is -0.00311. The van der Waals surface area contributed by atoms with E-state index in [1.807, 2.05) is 44.1 Å². The molecule has 1 N–H and O–H groups in total. The van der Waals surface area contributed by atoms with Crippen molar-refractivity contribution in [3.8, 4) is 0 Å². The molecule has 1 aliphatic carbocycles. The quantitative estimate of drug-likeness (QED) is 0.784.